The predicted molar refractivity (Wildman–Crippen MR) is 112 cm³/mol. The van der Waals surface area contributed by atoms with Crippen LogP contribution in [0.3, 0.4) is 0 Å². The summed E-state index contributed by atoms with van der Waals surface area (Å²) >= 11 is 1.77. The fraction of sp³-hybridized carbons (Fsp3) is 0.455. The molecule has 0 heterocycles. The summed E-state index contributed by atoms with van der Waals surface area (Å²) in [4.78, 5) is 1.09. The topological polar surface area (TPSA) is 44.5 Å². The maximum absolute atomic E-state index is 6.19. The predicted octanol–water partition coefficient (Wildman–Crippen LogP) is 6.23. The number of ether oxygens (including phenoxy) is 2. The van der Waals surface area contributed by atoms with Crippen LogP contribution >= 0.6 is 11.8 Å². The van der Waals surface area contributed by atoms with E-state index in [1.165, 1.54) is 11.1 Å². The quantitative estimate of drug-likeness (QED) is 0.288. The Morgan fingerprint density at radius 1 is 0.885 bits per heavy atom. The Kier molecular flexibility index (Phi) is 8.69. The summed E-state index contributed by atoms with van der Waals surface area (Å²) < 4.78 is 11.9. The summed E-state index contributed by atoms with van der Waals surface area (Å²) in [5.74, 6) is 2.51. The zero-order valence-electron chi connectivity index (χ0n) is 16.2. The molecule has 2 aromatic carbocycles. The molecule has 0 bridgehead atoms. The van der Waals surface area contributed by atoms with Gasteiger partial charge in [0.1, 0.15) is 11.5 Å². The van der Waals surface area contributed by atoms with Gasteiger partial charge in [0.15, 0.2) is 0 Å². The Labute approximate surface area is 162 Å². The van der Waals surface area contributed by atoms with Gasteiger partial charge in [0, 0.05) is 11.8 Å². The van der Waals surface area contributed by atoms with Gasteiger partial charge in [-0.2, -0.15) is 0 Å². The first-order valence-corrected chi connectivity index (χ1v) is 10.5. The lowest BCUT2D eigenvalue weighted by molar-refractivity contribution is 0.296. The second-order valence-electron chi connectivity index (χ2n) is 6.52. The van der Waals surface area contributed by atoms with Gasteiger partial charge in [-0.05, 0) is 31.4 Å². The van der Waals surface area contributed by atoms with Crippen molar-refractivity contribution >= 4 is 17.4 Å². The molecule has 0 saturated carbocycles. The summed E-state index contributed by atoms with van der Waals surface area (Å²) in [6.07, 6.45) is 4.28. The summed E-state index contributed by atoms with van der Waals surface area (Å²) in [6, 6.07) is 12.6. The first-order chi connectivity index (χ1) is 12.6. The molecule has 0 aliphatic rings. The normalized spacial score (nSPS) is 10.7. The number of hydrogen-bond acceptors (Lipinski definition) is 4. The van der Waals surface area contributed by atoms with Crippen LogP contribution in [0.5, 0.6) is 11.5 Å². The van der Waals surface area contributed by atoms with Crippen molar-refractivity contribution in [1.29, 1.82) is 0 Å². The largest absolute Gasteiger partial charge is 0.492 e. The number of thioether (sulfide) groups is 1. The van der Waals surface area contributed by atoms with E-state index in [2.05, 4.69) is 45.0 Å². The molecule has 0 fully saturated rings. The van der Waals surface area contributed by atoms with Gasteiger partial charge in [-0.3, -0.25) is 0 Å². The van der Waals surface area contributed by atoms with Crippen LogP contribution in [0, 0.1) is 6.92 Å². The number of unbranched alkanes of at least 4 members (excludes halogenated alkanes) is 2. The monoisotopic (exact) mass is 373 g/mol. The maximum Gasteiger partial charge on any atom is 0.143 e. The van der Waals surface area contributed by atoms with Gasteiger partial charge in [0.25, 0.3) is 0 Å². The maximum atomic E-state index is 6.19. The van der Waals surface area contributed by atoms with E-state index >= 15 is 0 Å². The van der Waals surface area contributed by atoms with Crippen LogP contribution in [0.25, 0.3) is 0 Å². The molecule has 0 atom stereocenters. The molecule has 0 aliphatic heterocycles. The van der Waals surface area contributed by atoms with Gasteiger partial charge in [0.05, 0.1) is 23.8 Å². The summed E-state index contributed by atoms with van der Waals surface area (Å²) in [7, 11) is 0. The molecule has 142 valence electrons. The third-order valence-corrected chi connectivity index (χ3v) is 5.21. The van der Waals surface area contributed by atoms with Gasteiger partial charge in [0.2, 0.25) is 0 Å². The minimum Gasteiger partial charge on any atom is -0.492 e. The summed E-state index contributed by atoms with van der Waals surface area (Å²) in [6.45, 7) is 7.83. The fourth-order valence-corrected chi connectivity index (χ4v) is 3.37. The van der Waals surface area contributed by atoms with Crippen LogP contribution in [0.1, 0.15) is 50.7 Å². The van der Waals surface area contributed by atoms with Crippen LogP contribution in [-0.4, -0.2) is 13.2 Å². The number of hydrogen-bond donors (Lipinski definition) is 1. The number of rotatable bonds is 11. The molecular weight excluding hydrogens is 342 g/mol. The fourth-order valence-electron chi connectivity index (χ4n) is 2.41. The molecule has 3 nitrogen and oxygen atoms in total. The van der Waals surface area contributed by atoms with Gasteiger partial charge >= 0.3 is 0 Å². The summed E-state index contributed by atoms with van der Waals surface area (Å²) in [5.41, 5.74) is 9.41. The van der Waals surface area contributed by atoms with E-state index in [0.717, 1.165) is 47.8 Å². The molecule has 0 unspecified atom stereocenters. The van der Waals surface area contributed by atoms with Crippen LogP contribution in [0.15, 0.2) is 41.3 Å². The molecule has 4 heteroatoms. The zero-order valence-corrected chi connectivity index (χ0v) is 17.0. The van der Waals surface area contributed by atoms with Crippen LogP contribution in [0.4, 0.5) is 5.69 Å². The molecule has 0 aromatic heterocycles. The Balaban J connectivity index is 2.14. The van der Waals surface area contributed by atoms with Crippen molar-refractivity contribution in [2.24, 2.45) is 0 Å². The molecule has 2 rings (SSSR count). The van der Waals surface area contributed by atoms with Crippen molar-refractivity contribution in [2.75, 3.05) is 18.9 Å². The lowest BCUT2D eigenvalue weighted by atomic mass is 10.2. The third-order valence-electron chi connectivity index (χ3n) is 4.10. The lowest BCUT2D eigenvalue weighted by Crippen LogP contribution is -2.03. The van der Waals surface area contributed by atoms with E-state index in [1.54, 1.807) is 11.8 Å². The molecule has 0 saturated heterocycles. The highest BCUT2D eigenvalue weighted by Gasteiger charge is 2.12. The Morgan fingerprint density at radius 3 is 2.12 bits per heavy atom. The van der Waals surface area contributed by atoms with Crippen LogP contribution in [-0.2, 0) is 5.75 Å². The van der Waals surface area contributed by atoms with Crippen molar-refractivity contribution < 1.29 is 9.47 Å². The lowest BCUT2D eigenvalue weighted by Gasteiger charge is -2.16. The van der Waals surface area contributed by atoms with Crippen LogP contribution < -0.4 is 15.2 Å². The van der Waals surface area contributed by atoms with E-state index in [1.807, 2.05) is 12.1 Å². The van der Waals surface area contributed by atoms with Crippen molar-refractivity contribution in [3.05, 3.63) is 47.5 Å². The van der Waals surface area contributed by atoms with Gasteiger partial charge in [-0.25, -0.2) is 0 Å². The van der Waals surface area contributed by atoms with Gasteiger partial charge < -0.3 is 15.2 Å². The zero-order chi connectivity index (χ0) is 18.8. The van der Waals surface area contributed by atoms with E-state index in [4.69, 9.17) is 15.2 Å². The number of nitrogen functional groups attached to an aromatic ring is 1. The highest BCUT2D eigenvalue weighted by Crippen LogP contribution is 2.39. The second kappa shape index (κ2) is 11.0. The highest BCUT2D eigenvalue weighted by atomic mass is 32.2. The Hall–Kier alpha value is -1.81. The molecule has 2 N–H and O–H groups in total. The third kappa shape index (κ3) is 6.49. The van der Waals surface area contributed by atoms with E-state index < -0.39 is 0 Å². The number of benzene rings is 2. The minimum absolute atomic E-state index is 0.646. The van der Waals surface area contributed by atoms with Crippen molar-refractivity contribution in [2.45, 2.75) is 57.1 Å². The Bertz CT molecular complexity index is 671. The number of anilines is 1. The molecule has 26 heavy (non-hydrogen) atoms. The van der Waals surface area contributed by atoms with Gasteiger partial charge in [-0.1, -0.05) is 56.5 Å². The smallest absolute Gasteiger partial charge is 0.143 e. The molecule has 0 aliphatic carbocycles. The molecule has 2 aromatic rings. The van der Waals surface area contributed by atoms with E-state index in [-0.39, 0.29) is 0 Å². The minimum atomic E-state index is 0.646. The average molecular weight is 374 g/mol. The number of nitrogens with two attached hydrogens (primary N) is 1. The summed E-state index contributed by atoms with van der Waals surface area (Å²) in [5, 5.41) is 0. The Morgan fingerprint density at radius 2 is 1.50 bits per heavy atom. The average Bonchev–Trinajstić information content (AvgIpc) is 2.64. The van der Waals surface area contributed by atoms with E-state index in [9.17, 15) is 0 Å². The first-order valence-electron chi connectivity index (χ1n) is 9.51. The second-order valence-corrected chi connectivity index (χ2v) is 7.53. The molecule has 0 spiro atoms. The molecular formula is C22H31NO2S. The molecule has 0 amide bonds. The van der Waals surface area contributed by atoms with Crippen LogP contribution in [0.2, 0.25) is 0 Å². The molecule has 0 radical (unpaired) electrons. The first kappa shape index (κ1) is 20.5. The highest BCUT2D eigenvalue weighted by molar-refractivity contribution is 7.98. The number of aryl methyl sites for hydroxylation is 1. The van der Waals surface area contributed by atoms with Gasteiger partial charge in [-0.15, -0.1) is 11.8 Å². The SMILES string of the molecule is CCCCOc1cc(SCc2ccc(C)cc2)c(OCCCC)cc1N. The van der Waals surface area contributed by atoms with Crippen molar-refractivity contribution in [3.8, 4) is 11.5 Å². The van der Waals surface area contributed by atoms with Crippen molar-refractivity contribution in [3.63, 3.8) is 0 Å². The van der Waals surface area contributed by atoms with E-state index in [0.29, 0.717) is 18.9 Å². The standard InChI is InChI=1S/C22H31NO2S/c1-4-6-12-24-20-15-22(21(14-19(20)23)25-13-7-5-2)26-16-18-10-8-17(3)9-11-18/h8-11,14-15H,4-7,12-13,16,23H2,1-3H3. The van der Waals surface area contributed by atoms with Crippen molar-refractivity contribution in [1.82, 2.24) is 0 Å².